The number of carboxylic acids is 1. The van der Waals surface area contributed by atoms with Crippen LogP contribution >= 0.6 is 0 Å². The Kier molecular flexibility index (Phi) is 7.04. The Hall–Kier alpha value is -4.33. The summed E-state index contributed by atoms with van der Waals surface area (Å²) in [6, 6.07) is 22.1. The number of aromatic carboxylic acids is 1. The summed E-state index contributed by atoms with van der Waals surface area (Å²) in [4.78, 5) is 41.2. The largest absolute Gasteiger partial charge is 0.478 e. The molecule has 0 spiro atoms. The van der Waals surface area contributed by atoms with Crippen molar-refractivity contribution >= 4 is 18.2 Å². The van der Waals surface area contributed by atoms with E-state index >= 15 is 0 Å². The third-order valence-corrected chi connectivity index (χ3v) is 7.12. The highest BCUT2D eigenvalue weighted by Crippen LogP contribution is 2.44. The number of carboxylic acid groups (broad SMARTS) is 1. The molecule has 1 N–H and O–H groups in total. The minimum atomic E-state index is -1.07. The van der Waals surface area contributed by atoms with E-state index in [1.54, 1.807) is 42.7 Å². The third-order valence-electron chi connectivity index (χ3n) is 7.12. The molecule has 2 amide bonds. The Bertz CT molecular complexity index is 1370. The van der Waals surface area contributed by atoms with Gasteiger partial charge in [0.05, 0.1) is 11.6 Å². The minimum Gasteiger partial charge on any atom is -0.478 e. The molecule has 1 saturated heterocycles. The molecule has 3 aromatic rings. The van der Waals surface area contributed by atoms with E-state index in [-0.39, 0.29) is 37.7 Å². The van der Waals surface area contributed by atoms with Crippen molar-refractivity contribution in [3.63, 3.8) is 0 Å². The van der Waals surface area contributed by atoms with Crippen molar-refractivity contribution in [1.29, 1.82) is 0 Å². The SMILES string of the molecule is CC(C)(C)OC(=O)N1CCN(C(=O)OCC2c3ccccc3-c3ccccc32)C(c2cccc(C(=O)O)c2)C1. The van der Waals surface area contributed by atoms with Gasteiger partial charge in [0.1, 0.15) is 12.2 Å². The molecule has 1 heterocycles. The molecule has 39 heavy (non-hydrogen) atoms. The molecule has 2 aliphatic rings. The molecule has 8 heteroatoms. The molecule has 1 aliphatic carbocycles. The van der Waals surface area contributed by atoms with Gasteiger partial charge in [0, 0.05) is 25.6 Å². The van der Waals surface area contributed by atoms with Gasteiger partial charge in [0.15, 0.2) is 0 Å². The first-order valence-corrected chi connectivity index (χ1v) is 13.0. The third kappa shape index (κ3) is 5.46. The smallest absolute Gasteiger partial charge is 0.410 e. The fraction of sp³-hybridized carbons (Fsp3) is 0.323. The summed E-state index contributed by atoms with van der Waals surface area (Å²) < 4.78 is 11.5. The quantitative estimate of drug-likeness (QED) is 0.451. The summed E-state index contributed by atoms with van der Waals surface area (Å²) in [5.41, 5.74) is 4.57. The monoisotopic (exact) mass is 528 g/mol. The van der Waals surface area contributed by atoms with Crippen molar-refractivity contribution in [2.75, 3.05) is 26.2 Å². The molecule has 0 radical (unpaired) electrons. The summed E-state index contributed by atoms with van der Waals surface area (Å²) in [7, 11) is 0. The van der Waals surface area contributed by atoms with Gasteiger partial charge in [-0.1, -0.05) is 60.7 Å². The van der Waals surface area contributed by atoms with Gasteiger partial charge in [0.25, 0.3) is 0 Å². The van der Waals surface area contributed by atoms with Crippen LogP contribution in [0.5, 0.6) is 0 Å². The Morgan fingerprint density at radius 1 is 0.872 bits per heavy atom. The van der Waals surface area contributed by atoms with E-state index in [0.29, 0.717) is 5.56 Å². The predicted molar refractivity (Wildman–Crippen MR) is 146 cm³/mol. The van der Waals surface area contributed by atoms with E-state index in [4.69, 9.17) is 9.47 Å². The second kappa shape index (κ2) is 10.4. The summed E-state index contributed by atoms with van der Waals surface area (Å²) >= 11 is 0. The molecule has 0 bridgehead atoms. The Morgan fingerprint density at radius 2 is 1.51 bits per heavy atom. The Morgan fingerprint density at radius 3 is 2.13 bits per heavy atom. The number of fused-ring (bicyclic) bond motifs is 3. The van der Waals surface area contributed by atoms with Crippen molar-refractivity contribution in [1.82, 2.24) is 9.80 Å². The van der Waals surface area contributed by atoms with E-state index in [9.17, 15) is 19.5 Å². The lowest BCUT2D eigenvalue weighted by molar-refractivity contribution is 0.00133. The average molecular weight is 529 g/mol. The van der Waals surface area contributed by atoms with Crippen molar-refractivity contribution in [2.24, 2.45) is 0 Å². The van der Waals surface area contributed by atoms with Crippen molar-refractivity contribution in [3.8, 4) is 11.1 Å². The molecular weight excluding hydrogens is 496 g/mol. The van der Waals surface area contributed by atoms with E-state index < -0.39 is 29.8 Å². The number of rotatable bonds is 4. The standard InChI is InChI=1S/C31H32N2O6/c1-31(2,3)39-29(36)32-15-16-33(27(18-32)20-9-8-10-21(17-20)28(34)35)30(37)38-19-26-24-13-6-4-11-22(24)23-12-5-7-14-25(23)26/h4-14,17,26-27H,15-16,18-19H2,1-3H3,(H,34,35). The first-order chi connectivity index (χ1) is 18.6. The molecule has 0 aromatic heterocycles. The summed E-state index contributed by atoms with van der Waals surface area (Å²) in [5.74, 6) is -1.15. The summed E-state index contributed by atoms with van der Waals surface area (Å²) in [6.45, 7) is 6.21. The molecule has 8 nitrogen and oxygen atoms in total. The van der Waals surface area contributed by atoms with Gasteiger partial charge in [-0.15, -0.1) is 0 Å². The van der Waals surface area contributed by atoms with Crippen LogP contribution in [0.1, 0.15) is 59.8 Å². The minimum absolute atomic E-state index is 0.0850. The Labute approximate surface area is 227 Å². The summed E-state index contributed by atoms with van der Waals surface area (Å²) in [5, 5.41) is 9.53. The van der Waals surface area contributed by atoms with E-state index in [1.807, 2.05) is 24.3 Å². The fourth-order valence-corrected chi connectivity index (χ4v) is 5.33. The molecule has 3 aromatic carbocycles. The maximum atomic E-state index is 13.5. The Balaban J connectivity index is 1.38. The van der Waals surface area contributed by atoms with Crippen molar-refractivity contribution in [3.05, 3.63) is 95.1 Å². The van der Waals surface area contributed by atoms with E-state index in [2.05, 4.69) is 24.3 Å². The number of amides is 2. The average Bonchev–Trinajstić information content (AvgIpc) is 3.24. The number of carbonyl (C=O) groups excluding carboxylic acids is 2. The van der Waals surface area contributed by atoms with Crippen LogP contribution in [-0.4, -0.2) is 64.9 Å². The number of ether oxygens (including phenoxy) is 2. The molecule has 5 rings (SSSR count). The van der Waals surface area contributed by atoms with Crippen LogP contribution in [0.3, 0.4) is 0 Å². The lowest BCUT2D eigenvalue weighted by atomic mass is 9.98. The molecule has 1 atom stereocenters. The number of hydrogen-bond acceptors (Lipinski definition) is 5. The lowest BCUT2D eigenvalue weighted by Crippen LogP contribution is -2.53. The van der Waals surface area contributed by atoms with Crippen LogP contribution in [0.15, 0.2) is 72.8 Å². The molecule has 0 saturated carbocycles. The topological polar surface area (TPSA) is 96.4 Å². The van der Waals surface area contributed by atoms with Crippen molar-refractivity contribution < 1.29 is 29.0 Å². The predicted octanol–water partition coefficient (Wildman–Crippen LogP) is 5.93. The number of benzene rings is 3. The second-order valence-corrected chi connectivity index (χ2v) is 10.9. The van der Waals surface area contributed by atoms with Crippen LogP contribution in [-0.2, 0) is 9.47 Å². The number of nitrogens with zero attached hydrogens (tertiary/aromatic N) is 2. The van der Waals surface area contributed by atoms with Gasteiger partial charge in [-0.05, 0) is 60.7 Å². The lowest BCUT2D eigenvalue weighted by Gasteiger charge is -2.41. The summed E-state index contributed by atoms with van der Waals surface area (Å²) in [6.07, 6.45) is -0.986. The van der Waals surface area contributed by atoms with E-state index in [1.165, 1.54) is 12.1 Å². The highest BCUT2D eigenvalue weighted by molar-refractivity contribution is 5.87. The van der Waals surface area contributed by atoms with Gasteiger partial charge >= 0.3 is 18.2 Å². The zero-order valence-corrected chi connectivity index (χ0v) is 22.3. The van der Waals surface area contributed by atoms with Crippen molar-refractivity contribution in [2.45, 2.75) is 38.3 Å². The maximum Gasteiger partial charge on any atom is 0.410 e. The normalized spacial score (nSPS) is 16.8. The van der Waals surface area contributed by atoms with Crippen LogP contribution in [0.2, 0.25) is 0 Å². The maximum absolute atomic E-state index is 13.5. The molecule has 1 fully saturated rings. The van der Waals surface area contributed by atoms with Crippen LogP contribution in [0.25, 0.3) is 11.1 Å². The molecular formula is C31H32N2O6. The molecule has 1 unspecified atom stereocenters. The fourth-order valence-electron chi connectivity index (χ4n) is 5.33. The number of hydrogen-bond donors (Lipinski definition) is 1. The van der Waals surface area contributed by atoms with Crippen LogP contribution < -0.4 is 0 Å². The first kappa shape index (κ1) is 26.3. The number of carbonyl (C=O) groups is 3. The van der Waals surface area contributed by atoms with Crippen LogP contribution in [0.4, 0.5) is 9.59 Å². The van der Waals surface area contributed by atoms with Gasteiger partial charge in [0.2, 0.25) is 0 Å². The highest BCUT2D eigenvalue weighted by atomic mass is 16.6. The van der Waals surface area contributed by atoms with Gasteiger partial charge in [-0.2, -0.15) is 0 Å². The highest BCUT2D eigenvalue weighted by Gasteiger charge is 2.37. The van der Waals surface area contributed by atoms with Gasteiger partial charge in [-0.25, -0.2) is 14.4 Å². The van der Waals surface area contributed by atoms with Gasteiger partial charge in [-0.3, -0.25) is 4.90 Å². The molecule has 1 aliphatic heterocycles. The first-order valence-electron chi connectivity index (χ1n) is 13.0. The second-order valence-electron chi connectivity index (χ2n) is 10.9. The zero-order valence-electron chi connectivity index (χ0n) is 22.3. The zero-order chi connectivity index (χ0) is 27.7. The number of piperazine rings is 1. The van der Waals surface area contributed by atoms with E-state index in [0.717, 1.165) is 22.3 Å². The molecule has 202 valence electrons. The van der Waals surface area contributed by atoms with Crippen LogP contribution in [0, 0.1) is 0 Å². The van der Waals surface area contributed by atoms with Gasteiger partial charge < -0.3 is 19.5 Å².